The Bertz CT molecular complexity index is 566. The van der Waals surface area contributed by atoms with Crippen molar-refractivity contribution >= 4 is 9.84 Å². The van der Waals surface area contributed by atoms with E-state index >= 15 is 0 Å². The van der Waals surface area contributed by atoms with Crippen LogP contribution >= 0.6 is 0 Å². The maximum absolute atomic E-state index is 11.5. The van der Waals surface area contributed by atoms with Crippen LogP contribution in [-0.2, 0) is 20.8 Å². The molecule has 3 rings (SSSR count). The number of sulfone groups is 1. The van der Waals surface area contributed by atoms with Crippen LogP contribution in [-0.4, -0.2) is 20.4 Å². The SMILES string of the molecule is CS(=O)(=O)CC1(c2ccc(C3(N)CC3)cc2)CC1. The van der Waals surface area contributed by atoms with Crippen LogP contribution in [0.3, 0.4) is 0 Å². The highest BCUT2D eigenvalue weighted by Gasteiger charge is 2.47. The maximum atomic E-state index is 11.5. The Balaban J connectivity index is 1.85. The third-order valence-electron chi connectivity index (χ3n) is 4.25. The largest absolute Gasteiger partial charge is 0.321 e. The van der Waals surface area contributed by atoms with Crippen LogP contribution in [0, 0.1) is 0 Å². The van der Waals surface area contributed by atoms with E-state index in [-0.39, 0.29) is 16.7 Å². The minimum absolute atomic E-state index is 0.105. The molecule has 0 amide bonds. The lowest BCUT2D eigenvalue weighted by Gasteiger charge is -2.16. The molecule has 0 radical (unpaired) electrons. The highest BCUT2D eigenvalue weighted by atomic mass is 32.2. The number of benzene rings is 1. The van der Waals surface area contributed by atoms with Gasteiger partial charge in [-0.3, -0.25) is 0 Å². The van der Waals surface area contributed by atoms with Crippen molar-refractivity contribution in [2.45, 2.75) is 36.6 Å². The van der Waals surface area contributed by atoms with Crippen molar-refractivity contribution in [1.29, 1.82) is 0 Å². The summed E-state index contributed by atoms with van der Waals surface area (Å²) in [6.07, 6.45) is 5.39. The van der Waals surface area contributed by atoms with Crippen molar-refractivity contribution in [2.24, 2.45) is 5.73 Å². The van der Waals surface area contributed by atoms with Crippen LogP contribution < -0.4 is 5.73 Å². The van der Waals surface area contributed by atoms with E-state index < -0.39 is 9.84 Å². The highest BCUT2D eigenvalue weighted by molar-refractivity contribution is 7.90. The molecule has 2 aliphatic carbocycles. The van der Waals surface area contributed by atoms with Gasteiger partial charge in [-0.1, -0.05) is 24.3 Å². The molecule has 1 aromatic carbocycles. The van der Waals surface area contributed by atoms with Gasteiger partial charge in [-0.05, 0) is 36.8 Å². The highest BCUT2D eigenvalue weighted by Crippen LogP contribution is 2.50. The first-order valence-corrected chi connectivity index (χ1v) is 8.47. The minimum atomic E-state index is -2.92. The van der Waals surface area contributed by atoms with Crippen molar-refractivity contribution in [3.63, 3.8) is 0 Å². The van der Waals surface area contributed by atoms with Crippen LogP contribution in [0.5, 0.6) is 0 Å². The molecule has 0 heterocycles. The van der Waals surface area contributed by atoms with Gasteiger partial charge in [-0.2, -0.15) is 0 Å². The van der Waals surface area contributed by atoms with Crippen LogP contribution in [0.25, 0.3) is 0 Å². The van der Waals surface area contributed by atoms with E-state index in [4.69, 9.17) is 5.73 Å². The van der Waals surface area contributed by atoms with Crippen molar-refractivity contribution in [3.05, 3.63) is 35.4 Å². The smallest absolute Gasteiger partial charge is 0.148 e. The van der Waals surface area contributed by atoms with Gasteiger partial charge in [-0.15, -0.1) is 0 Å². The van der Waals surface area contributed by atoms with E-state index in [9.17, 15) is 8.42 Å². The standard InChI is InChI=1S/C14H19NO2S/c1-18(16,17)10-13(6-7-13)11-2-4-12(5-3-11)14(15)8-9-14/h2-5H,6-10,15H2,1H3. The lowest BCUT2D eigenvalue weighted by atomic mass is 9.95. The Morgan fingerprint density at radius 3 is 1.94 bits per heavy atom. The summed E-state index contributed by atoms with van der Waals surface area (Å²) in [5, 5.41) is 0. The molecule has 2 saturated carbocycles. The monoisotopic (exact) mass is 265 g/mol. The predicted molar refractivity (Wildman–Crippen MR) is 72.2 cm³/mol. The normalized spacial score (nSPS) is 23.7. The summed E-state index contributed by atoms with van der Waals surface area (Å²) >= 11 is 0. The van der Waals surface area contributed by atoms with Gasteiger partial charge in [0.25, 0.3) is 0 Å². The summed E-state index contributed by atoms with van der Waals surface area (Å²) in [7, 11) is -2.92. The lowest BCUT2D eigenvalue weighted by molar-refractivity contribution is 0.592. The quantitative estimate of drug-likeness (QED) is 0.901. The predicted octanol–water partition coefficient (Wildman–Crippen LogP) is 1.71. The van der Waals surface area contributed by atoms with Gasteiger partial charge < -0.3 is 5.73 Å². The van der Waals surface area contributed by atoms with Gasteiger partial charge >= 0.3 is 0 Å². The first-order valence-electron chi connectivity index (χ1n) is 6.41. The summed E-state index contributed by atoms with van der Waals surface area (Å²) in [5.74, 6) is 0.271. The molecule has 2 N–H and O–H groups in total. The zero-order chi connectivity index (χ0) is 13.0. The van der Waals surface area contributed by atoms with Gasteiger partial charge in [0.1, 0.15) is 9.84 Å². The van der Waals surface area contributed by atoms with Gasteiger partial charge in [-0.25, -0.2) is 8.42 Å². The van der Waals surface area contributed by atoms with Gasteiger partial charge in [0, 0.05) is 17.2 Å². The Morgan fingerprint density at radius 2 is 1.56 bits per heavy atom. The number of rotatable bonds is 4. The molecule has 4 heteroatoms. The summed E-state index contributed by atoms with van der Waals surface area (Å²) in [5.41, 5.74) is 8.27. The molecule has 2 fully saturated rings. The molecule has 3 nitrogen and oxygen atoms in total. The van der Waals surface area contributed by atoms with E-state index in [0.29, 0.717) is 0 Å². The summed E-state index contributed by atoms with van der Waals surface area (Å²) in [4.78, 5) is 0. The zero-order valence-electron chi connectivity index (χ0n) is 10.6. The van der Waals surface area contributed by atoms with E-state index in [2.05, 4.69) is 24.3 Å². The Hall–Kier alpha value is -0.870. The van der Waals surface area contributed by atoms with Crippen LogP contribution in [0.2, 0.25) is 0 Å². The summed E-state index contributed by atoms with van der Waals surface area (Å²) < 4.78 is 23.0. The molecular formula is C14H19NO2S. The molecular weight excluding hydrogens is 246 g/mol. The average Bonchev–Trinajstić information content (AvgIpc) is 3.17. The molecule has 2 aliphatic rings. The topological polar surface area (TPSA) is 60.2 Å². The van der Waals surface area contributed by atoms with Crippen LogP contribution in [0.15, 0.2) is 24.3 Å². The fourth-order valence-corrected chi connectivity index (χ4v) is 4.21. The second-order valence-corrected chi connectivity index (χ2v) is 8.22. The molecule has 0 spiro atoms. The van der Waals surface area contributed by atoms with Crippen molar-refractivity contribution in [1.82, 2.24) is 0 Å². The van der Waals surface area contributed by atoms with E-state index in [1.807, 2.05) is 0 Å². The fourth-order valence-electron chi connectivity index (χ4n) is 2.75. The lowest BCUT2D eigenvalue weighted by Crippen LogP contribution is -2.21. The zero-order valence-corrected chi connectivity index (χ0v) is 11.5. The first-order chi connectivity index (χ1) is 8.33. The van der Waals surface area contributed by atoms with E-state index in [0.717, 1.165) is 31.2 Å². The molecule has 1 aromatic rings. The molecule has 0 aliphatic heterocycles. The Morgan fingerprint density at radius 1 is 1.06 bits per heavy atom. The number of hydrogen-bond acceptors (Lipinski definition) is 3. The second-order valence-electron chi connectivity index (χ2n) is 6.08. The molecule has 0 saturated heterocycles. The van der Waals surface area contributed by atoms with Crippen LogP contribution in [0.4, 0.5) is 0 Å². The maximum Gasteiger partial charge on any atom is 0.148 e. The molecule has 0 unspecified atom stereocenters. The molecule has 0 atom stereocenters. The van der Waals surface area contributed by atoms with Gasteiger partial charge in [0.15, 0.2) is 0 Å². The van der Waals surface area contributed by atoms with E-state index in [1.54, 1.807) is 0 Å². The third kappa shape index (κ3) is 2.19. The molecule has 0 aromatic heterocycles. The van der Waals surface area contributed by atoms with Gasteiger partial charge in [0.2, 0.25) is 0 Å². The average molecular weight is 265 g/mol. The van der Waals surface area contributed by atoms with E-state index in [1.165, 1.54) is 11.8 Å². The minimum Gasteiger partial charge on any atom is -0.321 e. The summed E-state index contributed by atoms with van der Waals surface area (Å²) in [6, 6.07) is 8.29. The second kappa shape index (κ2) is 3.58. The summed E-state index contributed by atoms with van der Waals surface area (Å²) in [6.45, 7) is 0. The Kier molecular flexibility index (Phi) is 2.42. The third-order valence-corrected chi connectivity index (χ3v) is 5.33. The van der Waals surface area contributed by atoms with Crippen molar-refractivity contribution < 1.29 is 8.42 Å². The Labute approximate surface area is 108 Å². The first kappa shape index (κ1) is 12.2. The molecule has 18 heavy (non-hydrogen) atoms. The van der Waals surface area contributed by atoms with Crippen LogP contribution in [0.1, 0.15) is 36.8 Å². The van der Waals surface area contributed by atoms with Crippen molar-refractivity contribution in [3.8, 4) is 0 Å². The number of hydrogen-bond donors (Lipinski definition) is 1. The van der Waals surface area contributed by atoms with Gasteiger partial charge in [0.05, 0.1) is 5.75 Å². The number of nitrogens with two attached hydrogens (primary N) is 1. The molecule has 0 bridgehead atoms. The molecule has 98 valence electrons. The fraction of sp³-hybridized carbons (Fsp3) is 0.571. The van der Waals surface area contributed by atoms with Crippen molar-refractivity contribution in [2.75, 3.05) is 12.0 Å².